The number of sulfonamides is 1. The molecule has 0 aromatic heterocycles. The summed E-state index contributed by atoms with van der Waals surface area (Å²) in [6.07, 6.45) is 1.75. The fraction of sp³-hybridized carbons (Fsp3) is 0.533. The third kappa shape index (κ3) is 3.31. The molecule has 7 heteroatoms. The van der Waals surface area contributed by atoms with Gasteiger partial charge in [-0.1, -0.05) is 6.07 Å². The summed E-state index contributed by atoms with van der Waals surface area (Å²) in [6.45, 7) is 2.46. The second-order valence-corrected chi connectivity index (χ2v) is 8.04. The molecule has 1 amide bonds. The van der Waals surface area contributed by atoms with E-state index >= 15 is 0 Å². The van der Waals surface area contributed by atoms with Crippen molar-refractivity contribution in [3.05, 3.63) is 23.8 Å². The first-order chi connectivity index (χ1) is 10.2. The summed E-state index contributed by atoms with van der Waals surface area (Å²) in [7, 11) is -0.510. The molecule has 1 unspecified atom stereocenters. The third-order valence-corrected chi connectivity index (χ3v) is 5.66. The lowest BCUT2D eigenvalue weighted by Crippen LogP contribution is -2.30. The Balaban J connectivity index is 2.29. The van der Waals surface area contributed by atoms with E-state index in [9.17, 15) is 13.2 Å². The predicted molar refractivity (Wildman–Crippen MR) is 86.3 cm³/mol. The topological polar surface area (TPSA) is 83.7 Å². The van der Waals surface area contributed by atoms with Gasteiger partial charge in [0.1, 0.15) is 0 Å². The zero-order valence-electron chi connectivity index (χ0n) is 13.2. The first-order valence-electron chi connectivity index (χ1n) is 7.35. The molecule has 0 saturated carbocycles. The Morgan fingerprint density at radius 3 is 2.68 bits per heavy atom. The molecule has 0 spiro atoms. The van der Waals surface area contributed by atoms with Crippen LogP contribution in [0.5, 0.6) is 0 Å². The van der Waals surface area contributed by atoms with Crippen molar-refractivity contribution in [3.63, 3.8) is 0 Å². The van der Waals surface area contributed by atoms with E-state index in [0.717, 1.165) is 12.0 Å². The highest BCUT2D eigenvalue weighted by atomic mass is 32.2. The van der Waals surface area contributed by atoms with Crippen molar-refractivity contribution in [2.45, 2.75) is 37.1 Å². The Hall–Kier alpha value is -1.44. The van der Waals surface area contributed by atoms with Gasteiger partial charge in [-0.15, -0.1) is 0 Å². The second-order valence-electron chi connectivity index (χ2n) is 5.89. The van der Waals surface area contributed by atoms with Gasteiger partial charge in [0.05, 0.1) is 4.90 Å². The molecule has 2 N–H and O–H groups in total. The number of carbonyl (C=O) groups is 1. The largest absolute Gasteiger partial charge is 0.328 e. The van der Waals surface area contributed by atoms with Gasteiger partial charge in [0.2, 0.25) is 15.9 Å². The number of hydrogen-bond acceptors (Lipinski definition) is 4. The number of nitrogens with zero attached hydrogens (tertiary/aromatic N) is 2. The summed E-state index contributed by atoms with van der Waals surface area (Å²) in [4.78, 5) is 14.2. The fourth-order valence-electron chi connectivity index (χ4n) is 2.48. The van der Waals surface area contributed by atoms with E-state index < -0.39 is 10.0 Å². The highest BCUT2D eigenvalue weighted by Gasteiger charge is 2.27. The number of hydrogen-bond donors (Lipinski definition) is 1. The monoisotopic (exact) mass is 325 g/mol. The maximum Gasteiger partial charge on any atom is 0.242 e. The Kier molecular flexibility index (Phi) is 4.89. The Morgan fingerprint density at radius 1 is 1.41 bits per heavy atom. The van der Waals surface area contributed by atoms with Crippen LogP contribution < -0.4 is 10.6 Å². The van der Waals surface area contributed by atoms with Crippen molar-refractivity contribution >= 4 is 21.6 Å². The third-order valence-electron chi connectivity index (χ3n) is 3.85. The smallest absolute Gasteiger partial charge is 0.242 e. The zero-order chi connectivity index (χ0) is 16.5. The number of anilines is 1. The molecular formula is C15H23N3O3S. The van der Waals surface area contributed by atoms with E-state index in [0.29, 0.717) is 25.1 Å². The molecule has 0 aliphatic carbocycles. The maximum atomic E-state index is 12.3. The summed E-state index contributed by atoms with van der Waals surface area (Å²) in [6, 6.07) is 4.97. The quantitative estimate of drug-likeness (QED) is 0.874. The van der Waals surface area contributed by atoms with Gasteiger partial charge in [0.15, 0.2) is 0 Å². The molecule has 2 rings (SSSR count). The van der Waals surface area contributed by atoms with Crippen LogP contribution in [-0.2, 0) is 21.2 Å². The number of carbonyl (C=O) groups excluding carboxylic acids is 1. The Morgan fingerprint density at radius 2 is 2.09 bits per heavy atom. The summed E-state index contributed by atoms with van der Waals surface area (Å²) >= 11 is 0. The van der Waals surface area contributed by atoms with Crippen LogP contribution >= 0.6 is 0 Å². The molecule has 0 fully saturated rings. The van der Waals surface area contributed by atoms with Crippen LogP contribution in [0.3, 0.4) is 0 Å². The minimum Gasteiger partial charge on any atom is -0.328 e. The van der Waals surface area contributed by atoms with Gasteiger partial charge < -0.3 is 10.6 Å². The highest BCUT2D eigenvalue weighted by molar-refractivity contribution is 7.89. The average Bonchev–Trinajstić information content (AvgIpc) is 2.87. The van der Waals surface area contributed by atoms with Gasteiger partial charge in [-0.25, -0.2) is 12.7 Å². The lowest BCUT2D eigenvalue weighted by Gasteiger charge is -2.19. The minimum absolute atomic E-state index is 0.00421. The van der Waals surface area contributed by atoms with Crippen LogP contribution in [0, 0.1) is 0 Å². The molecule has 0 saturated heterocycles. The molecule has 122 valence electrons. The van der Waals surface area contributed by atoms with Crippen LogP contribution in [0.4, 0.5) is 5.69 Å². The second kappa shape index (κ2) is 6.36. The van der Waals surface area contributed by atoms with Crippen molar-refractivity contribution in [1.29, 1.82) is 0 Å². The summed E-state index contributed by atoms with van der Waals surface area (Å²) in [5.41, 5.74) is 7.41. The van der Waals surface area contributed by atoms with Crippen molar-refractivity contribution < 1.29 is 13.2 Å². The lowest BCUT2D eigenvalue weighted by molar-refractivity contribution is -0.118. The molecule has 1 aromatic carbocycles. The lowest BCUT2D eigenvalue weighted by atomic mass is 10.1. The molecule has 0 radical (unpaired) electrons. The number of amides is 1. The molecule has 1 aliphatic heterocycles. The first kappa shape index (κ1) is 16.9. The highest BCUT2D eigenvalue weighted by Crippen LogP contribution is 2.31. The molecule has 1 aromatic rings. The van der Waals surface area contributed by atoms with Crippen molar-refractivity contribution in [3.8, 4) is 0 Å². The fourth-order valence-corrected chi connectivity index (χ4v) is 3.40. The van der Waals surface area contributed by atoms with E-state index in [1.165, 1.54) is 18.4 Å². The summed E-state index contributed by atoms with van der Waals surface area (Å²) in [5.74, 6) is -0.00421. The van der Waals surface area contributed by atoms with Crippen LogP contribution in [0.1, 0.15) is 25.3 Å². The first-order valence-corrected chi connectivity index (χ1v) is 8.79. The van der Waals surface area contributed by atoms with E-state index in [1.54, 1.807) is 23.1 Å². The van der Waals surface area contributed by atoms with Gasteiger partial charge in [-0.3, -0.25) is 4.79 Å². The zero-order valence-corrected chi connectivity index (χ0v) is 14.1. The van der Waals surface area contributed by atoms with Crippen molar-refractivity contribution in [2.24, 2.45) is 5.73 Å². The molecule has 22 heavy (non-hydrogen) atoms. The molecule has 1 aliphatic rings. The van der Waals surface area contributed by atoms with Crippen molar-refractivity contribution in [1.82, 2.24) is 4.31 Å². The Labute approximate surface area is 131 Å². The number of benzene rings is 1. The predicted octanol–water partition coefficient (Wildman–Crippen LogP) is 0.953. The average molecular weight is 325 g/mol. The van der Waals surface area contributed by atoms with Crippen LogP contribution in [0.2, 0.25) is 0 Å². The van der Waals surface area contributed by atoms with E-state index in [1.807, 2.05) is 6.92 Å². The Bertz CT molecular complexity index is 669. The normalized spacial score (nSPS) is 16.0. The van der Waals surface area contributed by atoms with E-state index in [2.05, 4.69) is 0 Å². The standard InChI is InChI=1S/C15H23N3O3S/c1-11(16)4-7-15(19)18-9-8-12-5-6-13(10-14(12)18)22(20,21)17(2)3/h5-6,10-11H,4,7-9,16H2,1-3H3. The minimum atomic E-state index is -3.50. The molecule has 6 nitrogen and oxygen atoms in total. The molecule has 0 bridgehead atoms. The SMILES string of the molecule is CC(N)CCC(=O)N1CCc2ccc(S(=O)(=O)N(C)C)cc21. The molecule has 1 atom stereocenters. The molecule has 1 heterocycles. The number of rotatable bonds is 5. The number of fused-ring (bicyclic) bond motifs is 1. The van der Waals surface area contributed by atoms with Crippen LogP contribution in [0.15, 0.2) is 23.1 Å². The van der Waals surface area contributed by atoms with Gasteiger partial charge in [-0.2, -0.15) is 0 Å². The van der Waals surface area contributed by atoms with E-state index in [-0.39, 0.29) is 16.8 Å². The van der Waals surface area contributed by atoms with Gasteiger partial charge in [-0.05, 0) is 37.5 Å². The summed E-state index contributed by atoms with van der Waals surface area (Å²) < 4.78 is 25.6. The summed E-state index contributed by atoms with van der Waals surface area (Å²) in [5, 5.41) is 0. The van der Waals surface area contributed by atoms with Gasteiger partial charge >= 0.3 is 0 Å². The van der Waals surface area contributed by atoms with Crippen molar-refractivity contribution in [2.75, 3.05) is 25.5 Å². The van der Waals surface area contributed by atoms with Gasteiger partial charge in [0, 0.05) is 38.8 Å². The van der Waals surface area contributed by atoms with Gasteiger partial charge in [0.25, 0.3) is 0 Å². The van der Waals surface area contributed by atoms with Crippen LogP contribution in [-0.4, -0.2) is 45.3 Å². The molecular weight excluding hydrogens is 302 g/mol. The number of nitrogens with two attached hydrogens (primary N) is 1. The van der Waals surface area contributed by atoms with E-state index in [4.69, 9.17) is 5.73 Å². The maximum absolute atomic E-state index is 12.3. The van der Waals surface area contributed by atoms with Crippen LogP contribution in [0.25, 0.3) is 0 Å².